The van der Waals surface area contributed by atoms with Crippen LogP contribution in [0.25, 0.3) is 20.9 Å². The van der Waals surface area contributed by atoms with Gasteiger partial charge in [0.15, 0.2) is 35.6 Å². The number of alkyl halides is 1. The lowest BCUT2D eigenvalue weighted by molar-refractivity contribution is -0.0537. The van der Waals surface area contributed by atoms with Crippen molar-refractivity contribution in [2.45, 2.75) is 95.8 Å². The van der Waals surface area contributed by atoms with Crippen molar-refractivity contribution in [3.05, 3.63) is 104 Å². The van der Waals surface area contributed by atoms with Gasteiger partial charge in [-0.05, 0) is 58.5 Å². The molecule has 2 saturated heterocycles. The Labute approximate surface area is 389 Å². The molecule has 26 heteroatoms. The maximum Gasteiger partial charge on any atom is 0.330 e. The van der Waals surface area contributed by atoms with Crippen LogP contribution in [0.5, 0.6) is 0 Å². The summed E-state index contributed by atoms with van der Waals surface area (Å²) in [4.78, 5) is 59.8. The number of hydrogen-bond acceptors (Lipinski definition) is 17. The molecule has 5 heterocycles. The van der Waals surface area contributed by atoms with Gasteiger partial charge in [-0.2, -0.15) is 0 Å². The third-order valence-corrected chi connectivity index (χ3v) is 14.3. The van der Waals surface area contributed by atoms with E-state index in [9.17, 15) is 14.4 Å². The Morgan fingerprint density at radius 1 is 1.08 bits per heavy atom. The topological polar surface area (TPSA) is 234 Å². The van der Waals surface area contributed by atoms with Gasteiger partial charge >= 0.3 is 12.4 Å². The molecule has 0 radical (unpaired) electrons. The first-order valence-electron chi connectivity index (χ1n) is 21.5. The largest absolute Gasteiger partial charge is 0.400 e. The number of benzene rings is 1. The lowest BCUT2D eigenvalue weighted by Gasteiger charge is -2.37. The third kappa shape index (κ3) is 12.5. The van der Waals surface area contributed by atoms with Crippen LogP contribution in [0.1, 0.15) is 58.8 Å². The third-order valence-electron chi connectivity index (χ3n) is 9.81. The zero-order valence-electron chi connectivity index (χ0n) is 38.9. The standard InChI is InChI=1S/C39H49FN10O11P2S.CH4O/c1-23(2)50(24(3)4)62(55-18-15-41-6)60-32-27(59-37(29(32)40)48-17-14-28(51)46-39(48)53)20-57-63(64,56-19-16-42-7)61-31-25(5)58-38(33(31)54-8)49-22-45-30-34(43-21-44-35(30)49)47-36(52)26-12-10-9-11-13-26;1-2/h9-14,17,21-25,27,29,31-33,37-38H,15-16,18-20H2,1-5,8H3,(H,46,51,53)(H,43,44,47,52);2H,1H3/t25-,27-,29+,31?,32?,33+,37-,38-,62?,63?;/m1./s1/i5D;2T. The Hall–Kier alpha value is -4.49. The highest BCUT2D eigenvalue weighted by Crippen LogP contribution is 2.56. The van der Waals surface area contributed by atoms with Gasteiger partial charge in [-0.15, -0.1) is 0 Å². The quantitative estimate of drug-likeness (QED) is 0.0587. The molecule has 0 bridgehead atoms. The summed E-state index contributed by atoms with van der Waals surface area (Å²) in [5, 5.41) is 6.26. The molecule has 22 nitrogen and oxygen atoms in total. The van der Waals surface area contributed by atoms with Crippen molar-refractivity contribution in [3.8, 4) is 0 Å². The van der Waals surface area contributed by atoms with Gasteiger partial charge < -0.3 is 52.4 Å². The highest BCUT2D eigenvalue weighted by Gasteiger charge is 2.52. The van der Waals surface area contributed by atoms with Gasteiger partial charge in [0.1, 0.15) is 44.0 Å². The second-order valence-electron chi connectivity index (χ2n) is 14.8. The zero-order chi connectivity index (χ0) is 49.5. The van der Waals surface area contributed by atoms with Crippen LogP contribution in [0.2, 0.25) is 0 Å². The molecular weight excluding hydrogens is 926 g/mol. The van der Waals surface area contributed by atoms with Crippen molar-refractivity contribution in [2.75, 3.05) is 52.4 Å². The second-order valence-corrected chi connectivity index (χ2v) is 19.1. The van der Waals surface area contributed by atoms with E-state index in [0.29, 0.717) is 5.56 Å². The number of anilines is 1. The van der Waals surface area contributed by atoms with Crippen molar-refractivity contribution in [1.29, 1.82) is 1.43 Å². The van der Waals surface area contributed by atoms with E-state index in [-0.39, 0.29) is 62.3 Å². The smallest absolute Gasteiger partial charge is 0.330 e. The number of methoxy groups -OCH3 is 1. The van der Waals surface area contributed by atoms with Crippen molar-refractivity contribution >= 4 is 49.9 Å². The number of aliphatic hydroxyl groups is 1. The van der Waals surface area contributed by atoms with E-state index in [1.165, 1.54) is 26.9 Å². The summed E-state index contributed by atoms with van der Waals surface area (Å²) in [6.07, 6.45) is -6.83. The molecule has 1 aromatic carbocycles. The molecule has 0 saturated carbocycles. The van der Waals surface area contributed by atoms with Crippen LogP contribution in [0.4, 0.5) is 10.2 Å². The Bertz CT molecular complexity index is 2510. The molecule has 0 aliphatic carbocycles. The van der Waals surface area contributed by atoms with Crippen LogP contribution in [-0.2, 0) is 48.6 Å². The molecule has 10 atom stereocenters. The minimum Gasteiger partial charge on any atom is -0.400 e. The van der Waals surface area contributed by atoms with Gasteiger partial charge in [0.05, 0.1) is 19.0 Å². The number of aromatic amines is 1. The molecule has 3 aromatic heterocycles. The number of hydrogen-bond donors (Lipinski definition) is 3. The van der Waals surface area contributed by atoms with Crippen molar-refractivity contribution in [2.24, 2.45) is 0 Å². The van der Waals surface area contributed by atoms with Crippen molar-refractivity contribution in [1.82, 2.24) is 33.7 Å². The molecule has 1 amide bonds. The first-order valence-corrected chi connectivity index (χ1v) is 24.1. The first kappa shape index (κ1) is 49.4. The van der Waals surface area contributed by atoms with Crippen molar-refractivity contribution in [3.63, 3.8) is 0 Å². The van der Waals surface area contributed by atoms with E-state index in [1.54, 1.807) is 34.9 Å². The number of amides is 1. The molecule has 2 aliphatic rings. The Morgan fingerprint density at radius 3 is 2.44 bits per heavy atom. The minimum absolute atomic E-state index is 0.0146. The number of aromatic nitrogens is 6. The molecule has 3 N–H and O–H groups in total. The molecule has 66 heavy (non-hydrogen) atoms. The number of rotatable bonds is 21. The normalized spacial score (nSPS) is 24.5. The molecule has 2 aliphatic heterocycles. The monoisotopic (exact) mass is 981 g/mol. The lowest BCUT2D eigenvalue weighted by atomic mass is 10.1. The Kier molecular flexibility index (Phi) is 18.3. The highest BCUT2D eigenvalue weighted by molar-refractivity contribution is 8.07. The molecule has 0 spiro atoms. The Morgan fingerprint density at radius 2 is 1.79 bits per heavy atom. The fourth-order valence-corrected chi connectivity index (χ4v) is 10.9. The highest BCUT2D eigenvalue weighted by atomic mass is 32.5. The van der Waals surface area contributed by atoms with E-state index < -0.39 is 88.2 Å². The number of carbonyl (C=O) groups excluding carboxylic acids is 1. The minimum atomic E-state index is -4.01. The van der Waals surface area contributed by atoms with Gasteiger partial charge in [-0.25, -0.2) is 42.0 Å². The summed E-state index contributed by atoms with van der Waals surface area (Å²) in [5.41, 5.74) is -0.731. The number of halogens is 1. The predicted octanol–water partition coefficient (Wildman–Crippen LogP) is 4.63. The van der Waals surface area contributed by atoms with Gasteiger partial charge in [0, 0.05) is 45.5 Å². The number of fused-ring (bicyclic) bond motifs is 1. The number of aliphatic hydroxyl groups excluding tert-OH is 1. The van der Waals surface area contributed by atoms with E-state index in [1.807, 2.05) is 32.4 Å². The number of carbonyl (C=O) groups is 1. The van der Waals surface area contributed by atoms with Crippen LogP contribution >= 0.6 is 15.2 Å². The molecular formula is C40H53FN10O12P2S. The van der Waals surface area contributed by atoms with Crippen LogP contribution in [0.15, 0.2) is 64.8 Å². The van der Waals surface area contributed by atoms with E-state index >= 15 is 4.39 Å². The number of H-pyrrole nitrogens is 1. The van der Waals surface area contributed by atoms with E-state index in [4.69, 9.17) is 64.6 Å². The number of ether oxygens (including phenoxy) is 3. The summed E-state index contributed by atoms with van der Waals surface area (Å²) in [5.74, 6) is -0.277. The molecule has 2 fully saturated rings. The fourth-order valence-electron chi connectivity index (χ4n) is 7.02. The predicted molar refractivity (Wildman–Crippen MR) is 242 cm³/mol. The SMILES string of the molecule is [2H]C[C@H]1O[C@@H](n2cnc3c(NC(=O)c4ccccc4)ncnc32)[C@@H](OC)C1OP(=S)(OCC[N+]#[C-])OC[C@H]1O[C@@H](n2ccc(=O)[nH]c2=O)[C@@H](F)C1OP(OCC[N+]#[C-])N(C(C)C)C(C)C.[3H]OC. The summed E-state index contributed by atoms with van der Waals surface area (Å²) in [7, 11) is 0.647. The maximum absolute atomic E-state index is 16.9. The summed E-state index contributed by atoms with van der Waals surface area (Å²) >= 11 is 5.94. The van der Waals surface area contributed by atoms with Crippen LogP contribution in [-0.4, -0.2) is 142 Å². The lowest BCUT2D eigenvalue weighted by Crippen LogP contribution is -2.40. The summed E-state index contributed by atoms with van der Waals surface area (Å²) in [6, 6.07) is 9.30. The van der Waals surface area contributed by atoms with E-state index in [2.05, 4.69) is 40.1 Å². The van der Waals surface area contributed by atoms with Gasteiger partial charge in [0.25, 0.3) is 20.0 Å². The number of imidazole rings is 1. The van der Waals surface area contributed by atoms with E-state index in [0.717, 1.165) is 16.8 Å². The molecule has 4 aromatic rings. The van der Waals surface area contributed by atoms with Gasteiger partial charge in [0.2, 0.25) is 14.5 Å². The number of nitrogens with zero attached hydrogens (tertiary/aromatic N) is 8. The molecule has 4 unspecified atom stereocenters. The molecule has 6 rings (SSSR count). The average molecular weight is 982 g/mol. The first-order chi connectivity index (χ1) is 32.6. The summed E-state index contributed by atoms with van der Waals surface area (Å²) in [6.45, 7) is 17.0. The number of nitrogens with one attached hydrogen (secondary N) is 2. The fraction of sp³-hybridized carbons (Fsp3) is 0.550. The average Bonchev–Trinajstić information content (AvgIpc) is 3.99. The Balaban J connectivity index is 0.00000280. The van der Waals surface area contributed by atoms with Crippen LogP contribution in [0.3, 0.4) is 0 Å². The van der Waals surface area contributed by atoms with Crippen LogP contribution < -0.4 is 16.6 Å². The van der Waals surface area contributed by atoms with Gasteiger partial charge in [-0.1, -0.05) is 18.2 Å². The van der Waals surface area contributed by atoms with Crippen molar-refractivity contribution < 1.29 is 52.5 Å². The zero-order valence-corrected chi connectivity index (χ0v) is 39.5. The molecule has 358 valence electrons. The van der Waals surface area contributed by atoms with Gasteiger partial charge in [-0.3, -0.25) is 28.2 Å². The summed E-state index contributed by atoms with van der Waals surface area (Å²) < 4.78 is 85.0. The van der Waals surface area contributed by atoms with Crippen LogP contribution in [0, 0.1) is 13.1 Å². The maximum atomic E-state index is 16.9. The second kappa shape index (κ2) is 24.5.